The van der Waals surface area contributed by atoms with Gasteiger partial charge in [-0.3, -0.25) is 9.78 Å². The lowest BCUT2D eigenvalue weighted by Gasteiger charge is -2.29. The van der Waals surface area contributed by atoms with E-state index in [1.807, 2.05) is 6.07 Å². The van der Waals surface area contributed by atoms with E-state index in [1.54, 1.807) is 19.5 Å². The molecule has 0 spiro atoms. The molecule has 2 atom stereocenters. The number of aromatic amines is 1. The number of methoxy groups -OCH3 is 1. The van der Waals surface area contributed by atoms with Crippen molar-refractivity contribution in [1.82, 2.24) is 19.9 Å². The number of hydrogen-bond acceptors (Lipinski definition) is 8. The van der Waals surface area contributed by atoms with E-state index in [4.69, 9.17) is 20.9 Å². The summed E-state index contributed by atoms with van der Waals surface area (Å²) in [4.78, 5) is 28.0. The summed E-state index contributed by atoms with van der Waals surface area (Å²) in [6, 6.07) is 1.68. The first-order chi connectivity index (χ1) is 13.6. The average molecular weight is 383 g/mol. The Morgan fingerprint density at radius 3 is 3.00 bits per heavy atom. The largest absolute Gasteiger partial charge is 0.494 e. The Hall–Kier alpha value is -3.24. The maximum absolute atomic E-state index is 11.9. The van der Waals surface area contributed by atoms with E-state index in [9.17, 15) is 4.79 Å². The van der Waals surface area contributed by atoms with Crippen molar-refractivity contribution in [1.29, 1.82) is 0 Å². The molecule has 4 heterocycles. The smallest absolute Gasteiger partial charge is 0.269 e. The SMILES string of the molecule is COc1cncc2[nH]c(-c3nc(NC4CCOCC4N)cnc3C(N)=O)cc12. The fourth-order valence-corrected chi connectivity index (χ4v) is 3.27. The first kappa shape index (κ1) is 18.1. The number of H-pyrrole nitrogens is 1. The molecule has 1 aliphatic rings. The second-order valence-corrected chi connectivity index (χ2v) is 6.58. The van der Waals surface area contributed by atoms with Crippen LogP contribution in [0.25, 0.3) is 22.3 Å². The van der Waals surface area contributed by atoms with Gasteiger partial charge in [0.15, 0.2) is 5.69 Å². The fraction of sp³-hybridized carbons (Fsp3) is 0.333. The number of primary amides is 1. The van der Waals surface area contributed by atoms with E-state index in [0.29, 0.717) is 36.2 Å². The van der Waals surface area contributed by atoms with E-state index < -0.39 is 5.91 Å². The number of carbonyl (C=O) groups excluding carboxylic acids is 1. The Morgan fingerprint density at radius 2 is 2.25 bits per heavy atom. The van der Waals surface area contributed by atoms with Gasteiger partial charge >= 0.3 is 0 Å². The van der Waals surface area contributed by atoms with E-state index in [1.165, 1.54) is 6.20 Å². The van der Waals surface area contributed by atoms with Gasteiger partial charge in [-0.05, 0) is 12.5 Å². The number of hydrogen-bond donors (Lipinski definition) is 4. The first-order valence-corrected chi connectivity index (χ1v) is 8.84. The van der Waals surface area contributed by atoms with Gasteiger partial charge in [-0.15, -0.1) is 0 Å². The van der Waals surface area contributed by atoms with Crippen LogP contribution in [-0.4, -0.2) is 58.3 Å². The van der Waals surface area contributed by atoms with Crippen molar-refractivity contribution in [2.75, 3.05) is 25.6 Å². The van der Waals surface area contributed by atoms with E-state index >= 15 is 0 Å². The lowest BCUT2D eigenvalue weighted by Crippen LogP contribution is -2.47. The molecule has 0 saturated carbocycles. The molecule has 1 amide bonds. The van der Waals surface area contributed by atoms with Gasteiger partial charge in [-0.1, -0.05) is 0 Å². The van der Waals surface area contributed by atoms with Crippen LogP contribution in [0.4, 0.5) is 5.82 Å². The molecular weight excluding hydrogens is 362 g/mol. The molecule has 2 unspecified atom stereocenters. The van der Waals surface area contributed by atoms with Crippen molar-refractivity contribution in [3.05, 3.63) is 30.4 Å². The fourth-order valence-electron chi connectivity index (χ4n) is 3.27. The van der Waals surface area contributed by atoms with Gasteiger partial charge in [0.2, 0.25) is 0 Å². The number of nitrogens with two attached hydrogens (primary N) is 2. The topological polar surface area (TPSA) is 154 Å². The number of ether oxygens (including phenoxy) is 2. The lowest BCUT2D eigenvalue weighted by atomic mass is 10.0. The highest BCUT2D eigenvalue weighted by Crippen LogP contribution is 2.30. The molecular formula is C18H21N7O3. The Balaban J connectivity index is 1.75. The number of nitrogens with zero attached hydrogens (tertiary/aromatic N) is 3. The zero-order valence-corrected chi connectivity index (χ0v) is 15.3. The van der Waals surface area contributed by atoms with Crippen molar-refractivity contribution in [2.45, 2.75) is 18.5 Å². The summed E-state index contributed by atoms with van der Waals surface area (Å²) in [7, 11) is 1.57. The number of carbonyl (C=O) groups is 1. The maximum Gasteiger partial charge on any atom is 0.269 e. The lowest BCUT2D eigenvalue weighted by molar-refractivity contribution is 0.0752. The number of rotatable bonds is 5. The molecule has 3 aromatic heterocycles. The summed E-state index contributed by atoms with van der Waals surface area (Å²) >= 11 is 0. The highest BCUT2D eigenvalue weighted by Gasteiger charge is 2.24. The molecule has 10 nitrogen and oxygen atoms in total. The van der Waals surface area contributed by atoms with Crippen LogP contribution in [0, 0.1) is 0 Å². The first-order valence-electron chi connectivity index (χ1n) is 8.84. The predicted octanol–water partition coefficient (Wildman–Crippen LogP) is 0.655. The van der Waals surface area contributed by atoms with Gasteiger partial charge in [0.25, 0.3) is 5.91 Å². The average Bonchev–Trinajstić information content (AvgIpc) is 3.14. The molecule has 28 heavy (non-hydrogen) atoms. The van der Waals surface area contributed by atoms with Crippen LogP contribution in [0.3, 0.4) is 0 Å². The normalized spacial score (nSPS) is 19.5. The summed E-state index contributed by atoms with van der Waals surface area (Å²) < 4.78 is 10.7. The van der Waals surface area contributed by atoms with E-state index in [2.05, 4.69) is 25.3 Å². The number of nitrogens with one attached hydrogen (secondary N) is 2. The van der Waals surface area contributed by atoms with Gasteiger partial charge < -0.3 is 31.2 Å². The zero-order valence-electron chi connectivity index (χ0n) is 15.3. The molecule has 0 radical (unpaired) electrons. The number of anilines is 1. The van der Waals surface area contributed by atoms with Crippen LogP contribution in [0.2, 0.25) is 0 Å². The minimum atomic E-state index is -0.666. The molecule has 1 fully saturated rings. The number of fused-ring (bicyclic) bond motifs is 1. The minimum absolute atomic E-state index is 0.00216. The summed E-state index contributed by atoms with van der Waals surface area (Å²) in [5, 5.41) is 4.10. The molecule has 3 aromatic rings. The summed E-state index contributed by atoms with van der Waals surface area (Å²) in [6.45, 7) is 1.10. The highest BCUT2D eigenvalue weighted by molar-refractivity contribution is 5.98. The zero-order chi connectivity index (χ0) is 19.7. The minimum Gasteiger partial charge on any atom is -0.494 e. The molecule has 1 aliphatic heterocycles. The predicted molar refractivity (Wildman–Crippen MR) is 103 cm³/mol. The highest BCUT2D eigenvalue weighted by atomic mass is 16.5. The van der Waals surface area contributed by atoms with Crippen LogP contribution in [0.1, 0.15) is 16.9 Å². The van der Waals surface area contributed by atoms with Crippen LogP contribution in [-0.2, 0) is 4.74 Å². The van der Waals surface area contributed by atoms with Crippen molar-refractivity contribution in [3.63, 3.8) is 0 Å². The molecule has 146 valence electrons. The third-order valence-corrected chi connectivity index (χ3v) is 4.72. The third-order valence-electron chi connectivity index (χ3n) is 4.72. The van der Waals surface area contributed by atoms with Crippen LogP contribution in [0.15, 0.2) is 24.7 Å². The summed E-state index contributed by atoms with van der Waals surface area (Å²) in [5.74, 6) is 0.447. The standard InChI is InChI=1S/C18H21N7O3/c1-27-14-6-21-5-13-9(14)4-12(23-13)16-17(18(20)26)22-7-15(25-16)24-11-2-3-28-8-10(11)19/h4-7,10-11,23H,2-3,8,19H2,1H3,(H2,20,26)(H,24,25). The van der Waals surface area contributed by atoms with Crippen LogP contribution in [0.5, 0.6) is 5.75 Å². The number of aromatic nitrogens is 4. The van der Waals surface area contributed by atoms with E-state index in [0.717, 1.165) is 17.3 Å². The quantitative estimate of drug-likeness (QED) is 0.501. The Morgan fingerprint density at radius 1 is 1.39 bits per heavy atom. The van der Waals surface area contributed by atoms with Gasteiger partial charge in [0.05, 0.1) is 43.5 Å². The molecule has 1 saturated heterocycles. The van der Waals surface area contributed by atoms with Crippen molar-refractivity contribution in [3.8, 4) is 17.1 Å². The molecule has 0 aromatic carbocycles. The Labute approximate surface area is 160 Å². The van der Waals surface area contributed by atoms with E-state index in [-0.39, 0.29) is 17.8 Å². The van der Waals surface area contributed by atoms with Crippen molar-refractivity contribution < 1.29 is 14.3 Å². The maximum atomic E-state index is 11.9. The molecule has 10 heteroatoms. The second-order valence-electron chi connectivity index (χ2n) is 6.58. The number of pyridine rings is 1. The molecule has 0 bridgehead atoms. The monoisotopic (exact) mass is 383 g/mol. The summed E-state index contributed by atoms with van der Waals surface area (Å²) in [6.07, 6.45) is 5.52. The van der Waals surface area contributed by atoms with Crippen molar-refractivity contribution in [2.24, 2.45) is 11.5 Å². The summed E-state index contributed by atoms with van der Waals surface area (Å²) in [5.41, 5.74) is 13.4. The second kappa shape index (κ2) is 7.41. The molecule has 6 N–H and O–H groups in total. The molecule has 0 aliphatic carbocycles. The van der Waals surface area contributed by atoms with Gasteiger partial charge in [-0.25, -0.2) is 9.97 Å². The van der Waals surface area contributed by atoms with Crippen molar-refractivity contribution >= 4 is 22.6 Å². The Kier molecular flexibility index (Phi) is 4.80. The number of amides is 1. The molecule has 4 rings (SSSR count). The van der Waals surface area contributed by atoms with Gasteiger partial charge in [-0.2, -0.15) is 0 Å². The van der Waals surface area contributed by atoms with Crippen LogP contribution >= 0.6 is 0 Å². The van der Waals surface area contributed by atoms with Crippen LogP contribution < -0.4 is 21.5 Å². The van der Waals surface area contributed by atoms with Gasteiger partial charge in [0.1, 0.15) is 17.3 Å². The Bertz CT molecular complexity index is 1020. The third kappa shape index (κ3) is 3.35. The van der Waals surface area contributed by atoms with Gasteiger partial charge in [0, 0.05) is 24.1 Å².